The Hall–Kier alpha value is -2.41. The van der Waals surface area contributed by atoms with Gasteiger partial charge in [0.15, 0.2) is 0 Å². The second-order valence-electron chi connectivity index (χ2n) is 6.89. The minimum Gasteiger partial charge on any atom is -0.444 e. The molecule has 2 aliphatic rings. The Morgan fingerprint density at radius 3 is 2.25 bits per heavy atom. The van der Waals surface area contributed by atoms with E-state index in [-0.39, 0.29) is 6.54 Å². The highest BCUT2D eigenvalue weighted by molar-refractivity contribution is 6.20. The zero-order chi connectivity index (χ0) is 17.5. The number of carbonyl (C=O) groups excluding carboxylic acids is 3. The number of amides is 3. The lowest BCUT2D eigenvalue weighted by molar-refractivity contribution is -0.127. The first-order valence-electron chi connectivity index (χ1n) is 7.89. The number of rotatable bonds is 2. The van der Waals surface area contributed by atoms with Gasteiger partial charge < -0.3 is 9.64 Å². The summed E-state index contributed by atoms with van der Waals surface area (Å²) in [5.74, 6) is -0.933. The molecule has 0 saturated carbocycles. The van der Waals surface area contributed by atoms with E-state index in [2.05, 4.69) is 0 Å². The molecule has 0 aromatic heterocycles. The highest BCUT2D eigenvalue weighted by Crippen LogP contribution is 2.25. The monoisotopic (exact) mass is 332 g/mol. The SMILES string of the molecule is CC(C)(C)OC(=O)N1CC[C@H](ON2C(=O)c3ccccc3C2=O)C1. The van der Waals surface area contributed by atoms with Crippen LogP contribution >= 0.6 is 0 Å². The van der Waals surface area contributed by atoms with Crippen molar-refractivity contribution in [3.63, 3.8) is 0 Å². The van der Waals surface area contributed by atoms with E-state index < -0.39 is 29.6 Å². The van der Waals surface area contributed by atoms with Gasteiger partial charge in [0, 0.05) is 6.54 Å². The number of fused-ring (bicyclic) bond motifs is 1. The van der Waals surface area contributed by atoms with Crippen LogP contribution < -0.4 is 0 Å². The van der Waals surface area contributed by atoms with Gasteiger partial charge in [0.1, 0.15) is 11.7 Å². The second kappa shape index (κ2) is 5.90. The van der Waals surface area contributed by atoms with Crippen molar-refractivity contribution in [1.82, 2.24) is 9.96 Å². The van der Waals surface area contributed by atoms with Crippen LogP contribution in [0.25, 0.3) is 0 Å². The first-order valence-corrected chi connectivity index (χ1v) is 7.89. The van der Waals surface area contributed by atoms with Gasteiger partial charge in [0.2, 0.25) is 0 Å². The fraction of sp³-hybridized carbons (Fsp3) is 0.471. The quantitative estimate of drug-likeness (QED) is 0.776. The highest BCUT2D eigenvalue weighted by Gasteiger charge is 2.40. The molecule has 0 radical (unpaired) electrons. The van der Waals surface area contributed by atoms with Crippen molar-refractivity contribution in [3.8, 4) is 0 Å². The Kier molecular flexibility index (Phi) is 4.04. The van der Waals surface area contributed by atoms with Crippen molar-refractivity contribution in [2.75, 3.05) is 13.1 Å². The van der Waals surface area contributed by atoms with Crippen LogP contribution in [0.2, 0.25) is 0 Å². The minimum absolute atomic E-state index is 0.280. The zero-order valence-electron chi connectivity index (χ0n) is 13.9. The average Bonchev–Trinajstić information content (AvgIpc) is 3.06. The van der Waals surface area contributed by atoms with Crippen LogP contribution in [0.4, 0.5) is 4.79 Å². The summed E-state index contributed by atoms with van der Waals surface area (Å²) in [4.78, 5) is 43.7. The number of hydroxylamine groups is 2. The number of carbonyl (C=O) groups is 3. The summed E-state index contributed by atoms with van der Waals surface area (Å²) in [7, 11) is 0. The summed E-state index contributed by atoms with van der Waals surface area (Å²) < 4.78 is 5.32. The van der Waals surface area contributed by atoms with E-state index in [4.69, 9.17) is 9.57 Å². The van der Waals surface area contributed by atoms with Crippen LogP contribution in [-0.4, -0.2) is 52.7 Å². The van der Waals surface area contributed by atoms with E-state index in [1.54, 1.807) is 45.0 Å². The summed E-state index contributed by atoms with van der Waals surface area (Å²) in [6.45, 7) is 6.14. The van der Waals surface area contributed by atoms with Gasteiger partial charge in [0.05, 0.1) is 17.7 Å². The molecule has 0 N–H and O–H groups in total. The molecular formula is C17H20N2O5. The molecule has 0 spiro atoms. The van der Waals surface area contributed by atoms with Gasteiger partial charge in [-0.05, 0) is 39.3 Å². The second-order valence-corrected chi connectivity index (χ2v) is 6.89. The van der Waals surface area contributed by atoms with E-state index >= 15 is 0 Å². The predicted octanol–water partition coefficient (Wildman–Crippen LogP) is 2.22. The smallest absolute Gasteiger partial charge is 0.410 e. The van der Waals surface area contributed by atoms with Crippen LogP contribution in [0.3, 0.4) is 0 Å². The molecule has 1 atom stereocenters. The number of nitrogens with zero attached hydrogens (tertiary/aromatic N) is 2. The summed E-state index contributed by atoms with van der Waals surface area (Å²) >= 11 is 0. The molecule has 7 heteroatoms. The van der Waals surface area contributed by atoms with E-state index in [1.807, 2.05) is 0 Å². The summed E-state index contributed by atoms with van der Waals surface area (Å²) in [6, 6.07) is 6.60. The maximum Gasteiger partial charge on any atom is 0.410 e. The number of ether oxygens (including phenoxy) is 1. The molecule has 0 aliphatic carbocycles. The van der Waals surface area contributed by atoms with E-state index in [0.29, 0.717) is 24.1 Å². The minimum atomic E-state index is -0.571. The normalized spacial score (nSPS) is 20.5. The number of hydrogen-bond donors (Lipinski definition) is 0. The third kappa shape index (κ3) is 3.12. The molecule has 0 unspecified atom stereocenters. The van der Waals surface area contributed by atoms with E-state index in [1.165, 1.54) is 4.90 Å². The summed E-state index contributed by atoms with van der Waals surface area (Å²) in [5.41, 5.74) is 0.104. The fourth-order valence-electron chi connectivity index (χ4n) is 2.72. The van der Waals surface area contributed by atoms with E-state index in [0.717, 1.165) is 5.06 Å². The molecule has 2 heterocycles. The van der Waals surface area contributed by atoms with Crippen LogP contribution in [0.1, 0.15) is 47.9 Å². The Morgan fingerprint density at radius 1 is 1.12 bits per heavy atom. The molecule has 3 rings (SSSR count). The Morgan fingerprint density at radius 2 is 1.71 bits per heavy atom. The lowest BCUT2D eigenvalue weighted by atomic mass is 10.1. The molecule has 0 bridgehead atoms. The van der Waals surface area contributed by atoms with Crippen molar-refractivity contribution in [2.45, 2.75) is 38.9 Å². The van der Waals surface area contributed by atoms with Crippen molar-refractivity contribution >= 4 is 17.9 Å². The first kappa shape index (κ1) is 16.4. The van der Waals surface area contributed by atoms with Crippen molar-refractivity contribution in [2.24, 2.45) is 0 Å². The Bertz CT molecular complexity index is 659. The fourth-order valence-corrected chi connectivity index (χ4v) is 2.72. The molecule has 1 aromatic carbocycles. The standard InChI is InChI=1S/C17H20N2O5/c1-17(2,3)23-16(22)18-9-8-11(10-18)24-19-14(20)12-6-4-5-7-13(12)15(19)21/h4-7,11H,8-10H2,1-3H3/t11-/m0/s1. The van der Waals surface area contributed by atoms with Gasteiger partial charge in [-0.3, -0.25) is 14.4 Å². The third-order valence-electron chi connectivity index (χ3n) is 3.81. The first-order chi connectivity index (χ1) is 11.3. The maximum absolute atomic E-state index is 12.3. The number of hydrogen-bond acceptors (Lipinski definition) is 5. The molecule has 3 amide bonds. The molecule has 1 saturated heterocycles. The summed E-state index contributed by atoms with van der Waals surface area (Å²) in [5, 5.41) is 0.800. The molecule has 128 valence electrons. The van der Waals surface area contributed by atoms with Crippen molar-refractivity contribution in [3.05, 3.63) is 35.4 Å². The molecule has 1 fully saturated rings. The molecule has 24 heavy (non-hydrogen) atoms. The lowest BCUT2D eigenvalue weighted by Gasteiger charge is -2.24. The summed E-state index contributed by atoms with van der Waals surface area (Å²) in [6.07, 6.45) is -0.303. The van der Waals surface area contributed by atoms with Crippen molar-refractivity contribution in [1.29, 1.82) is 0 Å². The van der Waals surface area contributed by atoms with Gasteiger partial charge in [-0.15, -0.1) is 5.06 Å². The average molecular weight is 332 g/mol. The van der Waals surface area contributed by atoms with Crippen molar-refractivity contribution < 1.29 is 24.0 Å². The number of benzene rings is 1. The highest BCUT2D eigenvalue weighted by atomic mass is 16.7. The van der Waals surface area contributed by atoms with Crippen LogP contribution in [0, 0.1) is 0 Å². The third-order valence-corrected chi connectivity index (χ3v) is 3.81. The van der Waals surface area contributed by atoms with Crippen LogP contribution in [0.15, 0.2) is 24.3 Å². The van der Waals surface area contributed by atoms with Gasteiger partial charge in [-0.2, -0.15) is 0 Å². The number of likely N-dealkylation sites (tertiary alicyclic amines) is 1. The number of imide groups is 1. The lowest BCUT2D eigenvalue weighted by Crippen LogP contribution is -2.38. The molecule has 2 aliphatic heterocycles. The van der Waals surface area contributed by atoms with Gasteiger partial charge in [-0.25, -0.2) is 4.79 Å². The zero-order valence-corrected chi connectivity index (χ0v) is 13.9. The Balaban J connectivity index is 1.62. The molecular weight excluding hydrogens is 312 g/mol. The molecule has 1 aromatic rings. The molecule has 7 nitrogen and oxygen atoms in total. The van der Waals surface area contributed by atoms with Gasteiger partial charge in [-0.1, -0.05) is 12.1 Å². The largest absolute Gasteiger partial charge is 0.444 e. The van der Waals surface area contributed by atoms with Crippen LogP contribution in [-0.2, 0) is 9.57 Å². The van der Waals surface area contributed by atoms with Crippen LogP contribution in [0.5, 0.6) is 0 Å². The topological polar surface area (TPSA) is 76.2 Å². The van der Waals surface area contributed by atoms with Gasteiger partial charge in [0.25, 0.3) is 11.8 Å². The Labute approximate surface area is 140 Å². The van der Waals surface area contributed by atoms with Gasteiger partial charge >= 0.3 is 6.09 Å². The predicted molar refractivity (Wildman–Crippen MR) is 84.2 cm³/mol. The van der Waals surface area contributed by atoms with E-state index in [9.17, 15) is 14.4 Å². The maximum atomic E-state index is 12.3.